The summed E-state index contributed by atoms with van der Waals surface area (Å²) < 4.78 is 1.46. The van der Waals surface area contributed by atoms with Crippen molar-refractivity contribution in [2.24, 2.45) is 17.8 Å². The zero-order valence-electron chi connectivity index (χ0n) is 18.3. The fourth-order valence-electron chi connectivity index (χ4n) is 4.92. The lowest BCUT2D eigenvalue weighted by molar-refractivity contribution is 0.0884. The molecule has 6 heteroatoms. The van der Waals surface area contributed by atoms with Gasteiger partial charge in [0.15, 0.2) is 5.78 Å². The van der Waals surface area contributed by atoms with Gasteiger partial charge in [-0.25, -0.2) is 4.68 Å². The monoisotopic (exact) mass is 457 g/mol. The number of fused-ring (bicyclic) bond motifs is 1. The van der Waals surface area contributed by atoms with Crippen LogP contribution in [0.25, 0.3) is 22.0 Å². The third kappa shape index (κ3) is 4.21. The molecule has 0 spiro atoms. The Morgan fingerprint density at radius 1 is 0.970 bits per heavy atom. The summed E-state index contributed by atoms with van der Waals surface area (Å²) in [7, 11) is 0. The van der Waals surface area contributed by atoms with Crippen LogP contribution in [0.1, 0.15) is 30.1 Å². The normalized spacial score (nSPS) is 20.2. The SMILES string of the molecule is C[C@@H]1C(C(=O)c2ccc(-c3ccc(Cl)cc3)cc2)CC[C@H]1Cn1nnc2ccccc2c1=O. The molecule has 5 nitrogen and oxygen atoms in total. The Balaban J connectivity index is 1.30. The highest BCUT2D eigenvalue weighted by molar-refractivity contribution is 6.30. The van der Waals surface area contributed by atoms with Gasteiger partial charge in [-0.3, -0.25) is 9.59 Å². The quantitative estimate of drug-likeness (QED) is 0.363. The van der Waals surface area contributed by atoms with E-state index in [0.717, 1.165) is 29.5 Å². The molecule has 4 aromatic rings. The van der Waals surface area contributed by atoms with Crippen LogP contribution in [0.3, 0.4) is 0 Å². The lowest BCUT2D eigenvalue weighted by Crippen LogP contribution is -2.30. The van der Waals surface area contributed by atoms with Gasteiger partial charge in [0.2, 0.25) is 0 Å². The van der Waals surface area contributed by atoms with Crippen LogP contribution >= 0.6 is 11.6 Å². The highest BCUT2D eigenvalue weighted by atomic mass is 35.5. The zero-order valence-corrected chi connectivity index (χ0v) is 19.1. The second-order valence-electron chi connectivity index (χ2n) is 8.85. The molecular formula is C27H24ClN3O2. The molecule has 0 N–H and O–H groups in total. The first kappa shape index (κ1) is 21.5. The van der Waals surface area contributed by atoms with Gasteiger partial charge in [-0.15, -0.1) is 5.10 Å². The van der Waals surface area contributed by atoms with Gasteiger partial charge in [-0.1, -0.05) is 72.3 Å². The van der Waals surface area contributed by atoms with Crippen LogP contribution in [0.2, 0.25) is 5.02 Å². The van der Waals surface area contributed by atoms with E-state index in [0.29, 0.717) is 22.5 Å². The molecule has 0 aliphatic heterocycles. The topological polar surface area (TPSA) is 64.8 Å². The Bertz CT molecular complexity index is 1360. The Morgan fingerprint density at radius 2 is 1.64 bits per heavy atom. The average molecular weight is 458 g/mol. The molecule has 0 bridgehead atoms. The van der Waals surface area contributed by atoms with Gasteiger partial charge in [-0.05, 0) is 60.1 Å². The van der Waals surface area contributed by atoms with E-state index in [1.54, 1.807) is 12.1 Å². The average Bonchev–Trinajstić information content (AvgIpc) is 3.21. The van der Waals surface area contributed by atoms with Crippen molar-refractivity contribution in [2.75, 3.05) is 0 Å². The van der Waals surface area contributed by atoms with Crippen molar-refractivity contribution in [3.63, 3.8) is 0 Å². The number of hydrogen-bond donors (Lipinski definition) is 0. The molecule has 1 unspecified atom stereocenters. The highest BCUT2D eigenvalue weighted by Crippen LogP contribution is 2.39. The molecule has 3 atom stereocenters. The van der Waals surface area contributed by atoms with Crippen LogP contribution in [0.15, 0.2) is 77.6 Å². The fourth-order valence-corrected chi connectivity index (χ4v) is 5.05. The van der Waals surface area contributed by atoms with Crippen LogP contribution in [-0.4, -0.2) is 20.8 Å². The number of nitrogens with zero attached hydrogens (tertiary/aromatic N) is 3. The number of carbonyl (C=O) groups excluding carboxylic acids is 1. The number of halogens is 1. The van der Waals surface area contributed by atoms with Gasteiger partial charge in [0, 0.05) is 23.0 Å². The minimum Gasteiger partial charge on any atom is -0.294 e. The van der Waals surface area contributed by atoms with Gasteiger partial charge in [0.05, 0.1) is 5.39 Å². The van der Waals surface area contributed by atoms with Crippen molar-refractivity contribution in [1.82, 2.24) is 15.0 Å². The molecular weight excluding hydrogens is 434 g/mol. The molecule has 0 radical (unpaired) electrons. The predicted molar refractivity (Wildman–Crippen MR) is 130 cm³/mol. The summed E-state index contributed by atoms with van der Waals surface area (Å²) in [5.74, 6) is 0.485. The largest absolute Gasteiger partial charge is 0.294 e. The van der Waals surface area contributed by atoms with E-state index in [1.165, 1.54) is 4.68 Å². The van der Waals surface area contributed by atoms with E-state index in [9.17, 15) is 9.59 Å². The van der Waals surface area contributed by atoms with Crippen LogP contribution in [0, 0.1) is 17.8 Å². The minimum atomic E-state index is -0.125. The second kappa shape index (κ2) is 8.91. The number of Topliss-reactive ketones (excluding diaryl/α,β-unsaturated/α-hetero) is 1. The molecule has 1 heterocycles. The third-order valence-corrected chi connectivity index (χ3v) is 7.20. The fraction of sp³-hybridized carbons (Fsp3) is 0.259. The van der Waals surface area contributed by atoms with Gasteiger partial charge in [0.25, 0.3) is 5.56 Å². The van der Waals surface area contributed by atoms with E-state index >= 15 is 0 Å². The Labute approximate surface area is 197 Å². The number of benzene rings is 3. The standard InChI is InChI=1S/C27H24ClN3O2/c1-17-21(16-31-27(33)24-4-2-3-5-25(24)29-30-31)12-15-23(17)26(32)20-8-6-18(7-9-20)19-10-13-22(28)14-11-19/h2-11,13-14,17,21,23H,12,15-16H2,1H3/t17-,21-,23?/m0/s1. The van der Waals surface area contributed by atoms with Crippen molar-refractivity contribution in [3.8, 4) is 11.1 Å². The Hall–Kier alpha value is -3.31. The van der Waals surface area contributed by atoms with Gasteiger partial charge in [0.1, 0.15) is 5.52 Å². The number of aromatic nitrogens is 3. The minimum absolute atomic E-state index is 0.0551. The summed E-state index contributed by atoms with van der Waals surface area (Å²) in [5, 5.41) is 9.60. The van der Waals surface area contributed by atoms with Gasteiger partial charge >= 0.3 is 0 Å². The molecule has 1 aliphatic rings. The first-order valence-corrected chi connectivity index (χ1v) is 11.6. The first-order valence-electron chi connectivity index (χ1n) is 11.2. The zero-order chi connectivity index (χ0) is 22.9. The lowest BCUT2D eigenvalue weighted by Gasteiger charge is -2.20. The summed E-state index contributed by atoms with van der Waals surface area (Å²) in [5.41, 5.74) is 3.33. The summed E-state index contributed by atoms with van der Waals surface area (Å²) in [6.07, 6.45) is 1.71. The second-order valence-corrected chi connectivity index (χ2v) is 9.28. The maximum absolute atomic E-state index is 13.3. The van der Waals surface area contributed by atoms with E-state index in [2.05, 4.69) is 17.2 Å². The summed E-state index contributed by atoms with van der Waals surface area (Å²) >= 11 is 5.98. The van der Waals surface area contributed by atoms with Crippen molar-refractivity contribution in [1.29, 1.82) is 0 Å². The number of carbonyl (C=O) groups is 1. The molecule has 0 amide bonds. The predicted octanol–water partition coefficient (Wildman–Crippen LogP) is 5.66. The summed E-state index contributed by atoms with van der Waals surface area (Å²) in [6.45, 7) is 2.60. The van der Waals surface area contributed by atoms with Crippen LogP contribution in [0.5, 0.6) is 0 Å². The first-order chi connectivity index (χ1) is 16.0. The molecule has 1 aromatic heterocycles. The number of hydrogen-bond acceptors (Lipinski definition) is 4. The van der Waals surface area contributed by atoms with Crippen LogP contribution < -0.4 is 5.56 Å². The Kier molecular flexibility index (Phi) is 5.81. The molecule has 1 aliphatic carbocycles. The van der Waals surface area contributed by atoms with Crippen LogP contribution in [0.4, 0.5) is 0 Å². The molecule has 3 aromatic carbocycles. The van der Waals surface area contributed by atoms with Crippen LogP contribution in [-0.2, 0) is 6.54 Å². The molecule has 1 fully saturated rings. The van der Waals surface area contributed by atoms with E-state index in [-0.39, 0.29) is 29.1 Å². The molecule has 1 saturated carbocycles. The van der Waals surface area contributed by atoms with E-state index in [4.69, 9.17) is 11.6 Å². The maximum atomic E-state index is 13.3. The van der Waals surface area contributed by atoms with Crippen molar-refractivity contribution in [2.45, 2.75) is 26.3 Å². The number of rotatable bonds is 5. The lowest BCUT2D eigenvalue weighted by atomic mass is 9.85. The van der Waals surface area contributed by atoms with Crippen molar-refractivity contribution >= 4 is 28.3 Å². The van der Waals surface area contributed by atoms with Gasteiger partial charge < -0.3 is 0 Å². The van der Waals surface area contributed by atoms with Crippen molar-refractivity contribution in [3.05, 3.63) is 93.7 Å². The highest BCUT2D eigenvalue weighted by Gasteiger charge is 2.38. The molecule has 33 heavy (non-hydrogen) atoms. The van der Waals surface area contributed by atoms with Crippen molar-refractivity contribution < 1.29 is 4.79 Å². The molecule has 5 rings (SSSR count). The molecule has 166 valence electrons. The van der Waals surface area contributed by atoms with Gasteiger partial charge in [-0.2, -0.15) is 0 Å². The summed E-state index contributed by atoms with van der Waals surface area (Å²) in [4.78, 5) is 26.1. The Morgan fingerprint density at radius 3 is 2.36 bits per heavy atom. The number of ketones is 1. The summed E-state index contributed by atoms with van der Waals surface area (Å²) in [6, 6.07) is 22.7. The smallest absolute Gasteiger partial charge is 0.277 e. The maximum Gasteiger partial charge on any atom is 0.277 e. The third-order valence-electron chi connectivity index (χ3n) is 6.95. The van der Waals surface area contributed by atoms with E-state index < -0.39 is 0 Å². The molecule has 0 saturated heterocycles. The van der Waals surface area contributed by atoms with E-state index in [1.807, 2.05) is 60.7 Å².